The molecule has 0 saturated carbocycles. The van der Waals surface area contributed by atoms with Crippen LogP contribution in [-0.4, -0.2) is 124 Å². The van der Waals surface area contributed by atoms with Crippen molar-refractivity contribution in [2.24, 2.45) is 0 Å². The molecule has 294 valence electrons. The van der Waals surface area contributed by atoms with Crippen molar-refractivity contribution in [2.75, 3.05) is 59.0 Å². The third kappa shape index (κ3) is 10.9. The van der Waals surface area contributed by atoms with Crippen LogP contribution in [-0.2, 0) is 30.7 Å². The number of benzene rings is 2. The van der Waals surface area contributed by atoms with Gasteiger partial charge in [0.2, 0.25) is 10.0 Å². The molecule has 3 aliphatic rings. The van der Waals surface area contributed by atoms with Crippen LogP contribution in [0.5, 0.6) is 5.75 Å². The van der Waals surface area contributed by atoms with E-state index in [2.05, 4.69) is 14.9 Å². The summed E-state index contributed by atoms with van der Waals surface area (Å²) in [6.07, 6.45) is -4.96. The van der Waals surface area contributed by atoms with Crippen LogP contribution in [0.1, 0.15) is 51.3 Å². The first kappa shape index (κ1) is 41.3. The van der Waals surface area contributed by atoms with Crippen molar-refractivity contribution in [1.29, 1.82) is 0 Å². The molecule has 5 rings (SSSR count). The van der Waals surface area contributed by atoms with Gasteiger partial charge in [-0.2, -0.15) is 13.2 Å². The lowest BCUT2D eigenvalue weighted by Gasteiger charge is -2.44. The van der Waals surface area contributed by atoms with E-state index in [0.29, 0.717) is 68.0 Å². The van der Waals surface area contributed by atoms with Gasteiger partial charge in [-0.3, -0.25) is 14.6 Å². The highest BCUT2D eigenvalue weighted by molar-refractivity contribution is 7.89. The van der Waals surface area contributed by atoms with E-state index in [4.69, 9.17) is 37.4 Å². The Morgan fingerprint density at radius 3 is 2.38 bits per heavy atom. The van der Waals surface area contributed by atoms with E-state index < -0.39 is 52.0 Å². The van der Waals surface area contributed by atoms with Crippen LogP contribution in [0.25, 0.3) is 0 Å². The van der Waals surface area contributed by atoms with Gasteiger partial charge in [0.05, 0.1) is 24.2 Å². The van der Waals surface area contributed by atoms with Crippen molar-refractivity contribution in [2.45, 2.75) is 81.4 Å². The lowest BCUT2D eigenvalue weighted by molar-refractivity contribution is -0.190. The fourth-order valence-corrected chi connectivity index (χ4v) is 8.83. The highest BCUT2D eigenvalue weighted by atomic mass is 35.5. The van der Waals surface area contributed by atoms with Gasteiger partial charge in [-0.25, -0.2) is 17.9 Å². The molecule has 2 aromatic carbocycles. The van der Waals surface area contributed by atoms with Crippen molar-refractivity contribution >= 4 is 45.2 Å². The molecule has 0 spiro atoms. The summed E-state index contributed by atoms with van der Waals surface area (Å²) in [5.41, 5.74) is 1.03. The van der Waals surface area contributed by atoms with Gasteiger partial charge in [0, 0.05) is 67.8 Å². The molecule has 2 aromatic rings. The van der Waals surface area contributed by atoms with Crippen LogP contribution < -0.4 is 14.8 Å². The monoisotopic (exact) mass is 807 g/mol. The maximum absolute atomic E-state index is 13.3. The average molecular weight is 809 g/mol. The molecular formula is C35H46Cl2F3N5O7S. The molecule has 2 fully saturated rings. The molecule has 1 aliphatic carbocycles. The van der Waals surface area contributed by atoms with E-state index in [0.717, 1.165) is 16.0 Å². The summed E-state index contributed by atoms with van der Waals surface area (Å²) in [6.45, 7) is 10.0. The van der Waals surface area contributed by atoms with E-state index >= 15 is 0 Å². The molecule has 0 unspecified atom stereocenters. The second-order valence-electron chi connectivity index (χ2n) is 14.5. The lowest BCUT2D eigenvalue weighted by atomic mass is 10.0. The number of hydrogen-bond donors (Lipinski definition) is 2. The molecule has 0 aromatic heterocycles. The number of hydrogen-bond acceptors (Lipinski definition) is 9. The molecule has 2 aliphatic heterocycles. The third-order valence-electron chi connectivity index (χ3n) is 9.31. The Hall–Kier alpha value is -2.86. The zero-order valence-electron chi connectivity index (χ0n) is 30.0. The number of carbonyl (C=O) groups is 2. The summed E-state index contributed by atoms with van der Waals surface area (Å²) in [4.78, 5) is 28.7. The maximum Gasteiger partial charge on any atom is 0.471 e. The molecule has 0 radical (unpaired) electrons. The quantitative estimate of drug-likeness (QED) is 0.284. The third-order valence-corrected chi connectivity index (χ3v) is 11.4. The summed E-state index contributed by atoms with van der Waals surface area (Å²) in [5.74, 6) is -1.46. The summed E-state index contributed by atoms with van der Waals surface area (Å²) in [6, 6.07) is 8.05. The van der Waals surface area contributed by atoms with Crippen molar-refractivity contribution < 1.29 is 45.4 Å². The van der Waals surface area contributed by atoms with E-state index in [-0.39, 0.29) is 30.6 Å². The standard InChI is InChI=1S/C35H46Cl2F3N5O7S/c1-22-20-44(12-13-45(22)32(46)35(38,39)40)31-28-17-23(36)18-29(37)27(28)19-30(31)51-25-5-7-26(8-6-25)53(48,49)42-24-9-11-43(21-24)14-16-50-15-10-41-33(47)52-34(2,3)4/h5-8,17-18,22,24,30-31,42H,9-16,19-21H2,1-4H3,(H,41,47)/t22-,24+,30+,31+/m1/s1. The van der Waals surface area contributed by atoms with Gasteiger partial charge in [0.25, 0.3) is 0 Å². The second-order valence-corrected chi connectivity index (χ2v) is 17.1. The number of fused-ring (bicyclic) bond motifs is 1. The fraction of sp³-hybridized carbons (Fsp3) is 0.600. The predicted octanol–water partition coefficient (Wildman–Crippen LogP) is 5.03. The molecule has 18 heteroatoms. The Labute approximate surface area is 318 Å². The molecule has 4 atom stereocenters. The van der Waals surface area contributed by atoms with Gasteiger partial charge in [-0.1, -0.05) is 23.2 Å². The topological polar surface area (TPSA) is 130 Å². The number of piperazine rings is 1. The zero-order valence-corrected chi connectivity index (χ0v) is 32.4. The number of amides is 2. The Morgan fingerprint density at radius 1 is 1.00 bits per heavy atom. The van der Waals surface area contributed by atoms with Gasteiger partial charge < -0.3 is 24.4 Å². The SMILES string of the molecule is C[C@@H]1CN([C@H]2c3cc(Cl)cc(Cl)c3C[C@@H]2Oc2ccc(S(=O)(=O)N[C@H]3CCN(CCOCCNC(=O)OC(C)(C)C)C3)cc2)CCN1C(=O)C(F)(F)F. The lowest BCUT2D eigenvalue weighted by Crippen LogP contribution is -2.58. The minimum absolute atomic E-state index is 0.0736. The van der Waals surface area contributed by atoms with Crippen LogP contribution in [0.3, 0.4) is 0 Å². The fourth-order valence-electron chi connectivity index (χ4n) is 6.98. The number of likely N-dealkylation sites (tertiary alicyclic amines) is 1. The number of halogens is 5. The molecule has 12 nitrogen and oxygen atoms in total. The van der Waals surface area contributed by atoms with E-state index in [9.17, 15) is 31.2 Å². The molecule has 0 bridgehead atoms. The number of alkyl carbamates (subject to hydrolysis) is 1. The van der Waals surface area contributed by atoms with Crippen LogP contribution >= 0.6 is 23.2 Å². The van der Waals surface area contributed by atoms with Gasteiger partial charge in [-0.15, -0.1) is 0 Å². The Kier molecular flexibility index (Phi) is 13.2. The van der Waals surface area contributed by atoms with Crippen molar-refractivity contribution in [3.8, 4) is 5.75 Å². The maximum atomic E-state index is 13.3. The van der Waals surface area contributed by atoms with Gasteiger partial charge in [0.1, 0.15) is 17.5 Å². The Balaban J connectivity index is 1.14. The normalized spacial score (nSPS) is 22.8. The highest BCUT2D eigenvalue weighted by Crippen LogP contribution is 2.44. The number of nitrogens with zero attached hydrogens (tertiary/aromatic N) is 3. The van der Waals surface area contributed by atoms with Crippen LogP contribution in [0.4, 0.5) is 18.0 Å². The number of sulfonamides is 1. The number of alkyl halides is 3. The minimum Gasteiger partial charge on any atom is -0.488 e. The van der Waals surface area contributed by atoms with Crippen LogP contribution in [0, 0.1) is 0 Å². The first-order valence-corrected chi connectivity index (χ1v) is 19.7. The second kappa shape index (κ2) is 16.9. The largest absolute Gasteiger partial charge is 0.488 e. The van der Waals surface area contributed by atoms with Gasteiger partial charge in [0.15, 0.2) is 0 Å². The highest BCUT2D eigenvalue weighted by Gasteiger charge is 2.47. The summed E-state index contributed by atoms with van der Waals surface area (Å²) >= 11 is 12.9. The smallest absolute Gasteiger partial charge is 0.471 e. The Bertz CT molecular complexity index is 1730. The molecule has 2 heterocycles. The summed E-state index contributed by atoms with van der Waals surface area (Å²) < 4.78 is 86.3. The summed E-state index contributed by atoms with van der Waals surface area (Å²) in [7, 11) is -3.84. The van der Waals surface area contributed by atoms with Gasteiger partial charge >= 0.3 is 18.2 Å². The van der Waals surface area contributed by atoms with Crippen molar-refractivity contribution in [3.05, 3.63) is 57.6 Å². The van der Waals surface area contributed by atoms with Crippen molar-refractivity contribution in [3.63, 3.8) is 0 Å². The number of ether oxygens (including phenoxy) is 3. The molecule has 2 amide bonds. The average Bonchev–Trinajstić information content (AvgIpc) is 3.64. The first-order valence-electron chi connectivity index (χ1n) is 17.5. The van der Waals surface area contributed by atoms with Crippen molar-refractivity contribution in [1.82, 2.24) is 24.7 Å². The van der Waals surface area contributed by atoms with E-state index in [1.165, 1.54) is 12.1 Å². The van der Waals surface area contributed by atoms with Gasteiger partial charge in [-0.05, 0) is 88.2 Å². The van der Waals surface area contributed by atoms with Crippen LogP contribution in [0.2, 0.25) is 10.0 Å². The van der Waals surface area contributed by atoms with Crippen LogP contribution in [0.15, 0.2) is 41.3 Å². The van der Waals surface area contributed by atoms with E-state index in [1.54, 1.807) is 52.0 Å². The first-order chi connectivity index (χ1) is 24.8. The molecule has 2 saturated heterocycles. The molecule has 2 N–H and O–H groups in total. The summed E-state index contributed by atoms with van der Waals surface area (Å²) in [5, 5.41) is 3.49. The van der Waals surface area contributed by atoms with E-state index in [1.807, 2.05) is 4.90 Å². The predicted molar refractivity (Wildman–Crippen MR) is 193 cm³/mol. The zero-order chi connectivity index (χ0) is 38.7. The molecule has 53 heavy (non-hydrogen) atoms. The number of rotatable bonds is 12. The number of nitrogens with one attached hydrogen (secondary N) is 2. The number of carbonyl (C=O) groups excluding carboxylic acids is 2. The Morgan fingerprint density at radius 2 is 1.72 bits per heavy atom. The molecular weight excluding hydrogens is 762 g/mol. The minimum atomic E-state index is -4.96.